The average molecular weight is 720 g/mol. The van der Waals surface area contributed by atoms with Gasteiger partial charge in [0.25, 0.3) is 0 Å². The van der Waals surface area contributed by atoms with Crippen molar-refractivity contribution in [3.63, 3.8) is 0 Å². The number of esters is 1. The number of allylic oxidation sites excluding steroid dienone is 16. The van der Waals surface area contributed by atoms with E-state index < -0.39 is 5.97 Å². The maximum absolute atomic E-state index is 12.7. The van der Waals surface area contributed by atoms with Crippen LogP contribution in [0, 0.1) is 0 Å². The number of aliphatic carboxylic acids is 1. The molecule has 292 valence electrons. The quantitative estimate of drug-likeness (QED) is 0.0386. The summed E-state index contributed by atoms with van der Waals surface area (Å²) >= 11 is 0. The van der Waals surface area contributed by atoms with Crippen LogP contribution in [-0.2, 0) is 19.1 Å². The summed E-state index contributed by atoms with van der Waals surface area (Å²) in [5.41, 5.74) is 0. The zero-order valence-electron chi connectivity index (χ0n) is 32.9. The summed E-state index contributed by atoms with van der Waals surface area (Å²) in [6, 6.07) is 0. The van der Waals surface area contributed by atoms with Crippen LogP contribution in [-0.4, -0.2) is 35.6 Å². The molecule has 1 unspecified atom stereocenters. The smallest absolute Gasteiger partial charge is 0.322 e. The number of rotatable bonds is 35. The Kier molecular flexibility index (Phi) is 37.3. The predicted octanol–water partition coefficient (Wildman–Crippen LogP) is 12.6. The molecule has 0 bridgehead atoms. The van der Waals surface area contributed by atoms with Crippen LogP contribution >= 0.6 is 0 Å². The molecule has 0 aliphatic heterocycles. The fourth-order valence-electron chi connectivity index (χ4n) is 5.28. The van der Waals surface area contributed by atoms with Crippen LogP contribution in [0.5, 0.6) is 0 Å². The first-order chi connectivity index (χ1) is 25.5. The highest BCUT2D eigenvalue weighted by Gasteiger charge is 2.14. The topological polar surface area (TPSA) is 92.7 Å². The van der Waals surface area contributed by atoms with E-state index in [1.807, 2.05) is 0 Å². The second-order valence-corrected chi connectivity index (χ2v) is 13.1. The Morgan fingerprint density at radius 1 is 0.519 bits per heavy atom. The molecule has 0 radical (unpaired) electrons. The first-order valence-electron chi connectivity index (χ1n) is 20.4. The summed E-state index contributed by atoms with van der Waals surface area (Å²) in [4.78, 5) is 34.9. The second kappa shape index (κ2) is 40.1. The molecule has 0 heterocycles. The molecule has 6 nitrogen and oxygen atoms in total. The predicted molar refractivity (Wildman–Crippen MR) is 221 cm³/mol. The van der Waals surface area contributed by atoms with Crippen molar-refractivity contribution in [1.29, 1.82) is 0 Å². The maximum atomic E-state index is 12.7. The molecule has 0 saturated heterocycles. The molecule has 1 amide bonds. The van der Waals surface area contributed by atoms with Crippen molar-refractivity contribution in [3.05, 3.63) is 97.2 Å². The molecular formula is C46H73NO5. The third kappa shape index (κ3) is 39.1. The Bertz CT molecular complexity index is 1110. The monoisotopic (exact) mass is 720 g/mol. The van der Waals surface area contributed by atoms with Gasteiger partial charge in [-0.15, -0.1) is 0 Å². The lowest BCUT2D eigenvalue weighted by molar-refractivity contribution is -0.149. The Morgan fingerprint density at radius 2 is 0.981 bits per heavy atom. The molecule has 0 saturated carbocycles. The van der Waals surface area contributed by atoms with Crippen molar-refractivity contribution in [2.45, 2.75) is 168 Å². The zero-order chi connectivity index (χ0) is 38.0. The highest BCUT2D eigenvalue weighted by Crippen LogP contribution is 2.17. The zero-order valence-corrected chi connectivity index (χ0v) is 32.9. The van der Waals surface area contributed by atoms with Gasteiger partial charge in [0.2, 0.25) is 5.91 Å². The number of carboxylic acid groups (broad SMARTS) is 1. The minimum absolute atomic E-state index is 0.0635. The molecule has 0 aliphatic rings. The standard InChI is InChI=1S/C46H73NO5/c1-3-5-7-9-11-13-15-16-17-18-19-20-21-22-24-26-28-33-37-41-46(51)52-43(38-34-30-27-25-23-14-12-10-8-6-4-2)39-35-31-29-32-36-40-44(48)47-42-45(49)50/h5,7,11-14,16-17,19-20,22,24-25,27-28,33,43H,3-4,6,8-10,15,18,21,23,26,29-32,34-42H2,1-2H3,(H,47,48)(H,49,50)/b7-5-,13-11-,14-12-,17-16-,20-19-,24-22-,27-25-,33-28-. The minimum atomic E-state index is -1.03. The number of hydrogen-bond donors (Lipinski definition) is 2. The third-order valence-corrected chi connectivity index (χ3v) is 8.25. The van der Waals surface area contributed by atoms with Crippen LogP contribution in [0.15, 0.2) is 97.2 Å². The van der Waals surface area contributed by atoms with Crippen LogP contribution in [0.1, 0.15) is 162 Å². The van der Waals surface area contributed by atoms with Crippen LogP contribution in [0.4, 0.5) is 0 Å². The number of ether oxygens (including phenoxy) is 1. The number of carbonyl (C=O) groups is 3. The van der Waals surface area contributed by atoms with Crippen molar-refractivity contribution in [1.82, 2.24) is 5.32 Å². The van der Waals surface area contributed by atoms with E-state index in [0.717, 1.165) is 109 Å². The molecule has 0 aromatic heterocycles. The summed E-state index contributed by atoms with van der Waals surface area (Å²) in [6.07, 6.45) is 56.7. The van der Waals surface area contributed by atoms with Gasteiger partial charge in [-0.1, -0.05) is 143 Å². The molecule has 0 aromatic carbocycles. The summed E-state index contributed by atoms with van der Waals surface area (Å²) in [5.74, 6) is -1.37. The van der Waals surface area contributed by atoms with Crippen LogP contribution < -0.4 is 5.32 Å². The first kappa shape index (κ1) is 48.3. The van der Waals surface area contributed by atoms with E-state index in [2.05, 4.69) is 116 Å². The van der Waals surface area contributed by atoms with Gasteiger partial charge in [0, 0.05) is 12.8 Å². The van der Waals surface area contributed by atoms with Gasteiger partial charge in [-0.05, 0) is 103 Å². The fraction of sp³-hybridized carbons (Fsp3) is 0.587. The number of amides is 1. The largest absolute Gasteiger partial charge is 0.480 e. The van der Waals surface area contributed by atoms with Crippen molar-refractivity contribution in [2.24, 2.45) is 0 Å². The lowest BCUT2D eigenvalue weighted by Gasteiger charge is -2.17. The van der Waals surface area contributed by atoms with Gasteiger partial charge < -0.3 is 15.2 Å². The Morgan fingerprint density at radius 3 is 1.52 bits per heavy atom. The maximum Gasteiger partial charge on any atom is 0.322 e. The van der Waals surface area contributed by atoms with E-state index in [0.29, 0.717) is 19.3 Å². The van der Waals surface area contributed by atoms with Gasteiger partial charge in [0.1, 0.15) is 12.6 Å². The van der Waals surface area contributed by atoms with Crippen molar-refractivity contribution >= 4 is 17.8 Å². The van der Waals surface area contributed by atoms with Gasteiger partial charge in [-0.25, -0.2) is 0 Å². The van der Waals surface area contributed by atoms with E-state index >= 15 is 0 Å². The highest BCUT2D eigenvalue weighted by atomic mass is 16.5. The molecule has 0 fully saturated rings. The SMILES string of the molecule is CC/C=C\C/C=C\C/C=C\C/C=C\C/C=C\C/C=C\CCC(=O)OC(CCC/C=C\C/C=C\CCCCC)CCCCCCCC(=O)NCC(=O)O. The van der Waals surface area contributed by atoms with Crippen molar-refractivity contribution in [3.8, 4) is 0 Å². The van der Waals surface area contributed by atoms with E-state index in [1.165, 1.54) is 19.3 Å². The third-order valence-electron chi connectivity index (χ3n) is 8.25. The summed E-state index contributed by atoms with van der Waals surface area (Å²) in [6.45, 7) is 4.05. The number of unbranched alkanes of at least 4 members (excludes halogenated alkanes) is 8. The Balaban J connectivity index is 4.38. The summed E-state index contributed by atoms with van der Waals surface area (Å²) in [7, 11) is 0. The molecule has 0 rings (SSSR count). The normalized spacial score (nSPS) is 13.1. The number of carboxylic acids is 1. The molecule has 0 aromatic rings. The van der Waals surface area contributed by atoms with E-state index in [9.17, 15) is 14.4 Å². The van der Waals surface area contributed by atoms with E-state index in [1.54, 1.807) is 0 Å². The van der Waals surface area contributed by atoms with Crippen LogP contribution in [0.25, 0.3) is 0 Å². The van der Waals surface area contributed by atoms with Gasteiger partial charge >= 0.3 is 11.9 Å². The van der Waals surface area contributed by atoms with E-state index in [-0.39, 0.29) is 24.5 Å². The Hall–Kier alpha value is -3.67. The molecular weight excluding hydrogens is 647 g/mol. The molecule has 0 spiro atoms. The molecule has 2 N–H and O–H groups in total. The van der Waals surface area contributed by atoms with Crippen molar-refractivity contribution in [2.75, 3.05) is 6.54 Å². The minimum Gasteiger partial charge on any atom is -0.480 e. The lowest BCUT2D eigenvalue weighted by Crippen LogP contribution is -2.28. The molecule has 52 heavy (non-hydrogen) atoms. The number of hydrogen-bond acceptors (Lipinski definition) is 4. The van der Waals surface area contributed by atoms with Crippen LogP contribution in [0.3, 0.4) is 0 Å². The highest BCUT2D eigenvalue weighted by molar-refractivity contribution is 5.80. The van der Waals surface area contributed by atoms with Crippen LogP contribution in [0.2, 0.25) is 0 Å². The number of carbonyl (C=O) groups excluding carboxylic acids is 2. The lowest BCUT2D eigenvalue weighted by atomic mass is 10.0. The molecule has 0 aliphatic carbocycles. The summed E-state index contributed by atoms with van der Waals surface area (Å²) in [5, 5.41) is 11.1. The first-order valence-corrected chi connectivity index (χ1v) is 20.4. The molecule has 6 heteroatoms. The van der Waals surface area contributed by atoms with Gasteiger partial charge in [0.15, 0.2) is 0 Å². The second-order valence-electron chi connectivity index (χ2n) is 13.1. The Labute approximate surface area is 318 Å². The summed E-state index contributed by atoms with van der Waals surface area (Å²) < 4.78 is 5.94. The van der Waals surface area contributed by atoms with E-state index in [4.69, 9.17) is 9.84 Å². The average Bonchev–Trinajstić information content (AvgIpc) is 3.13. The van der Waals surface area contributed by atoms with Gasteiger partial charge in [0.05, 0.1) is 0 Å². The van der Waals surface area contributed by atoms with Gasteiger partial charge in [-0.3, -0.25) is 14.4 Å². The van der Waals surface area contributed by atoms with Crippen molar-refractivity contribution < 1.29 is 24.2 Å². The number of nitrogens with one attached hydrogen (secondary N) is 1. The fourth-order valence-corrected chi connectivity index (χ4v) is 5.28. The van der Waals surface area contributed by atoms with Gasteiger partial charge in [-0.2, -0.15) is 0 Å². The molecule has 1 atom stereocenters.